The molecular weight excluding hydrogens is 223 g/mol. The van der Waals surface area contributed by atoms with Gasteiger partial charge in [0.25, 0.3) is 0 Å². The number of halogens is 3. The molecule has 6 heteroatoms. The largest absolute Gasteiger partial charge is 0.489 e. The molecule has 0 aliphatic carbocycles. The van der Waals surface area contributed by atoms with E-state index in [1.165, 1.54) is 6.92 Å². The Labute approximate surface area is 90.6 Å². The zero-order valence-electron chi connectivity index (χ0n) is 8.58. The van der Waals surface area contributed by atoms with E-state index >= 15 is 0 Å². The number of hydrogen-bond donors (Lipinski definition) is 2. The Morgan fingerprint density at radius 2 is 2.06 bits per heavy atom. The van der Waals surface area contributed by atoms with Crippen molar-refractivity contribution in [3.05, 3.63) is 23.8 Å². The molecule has 1 rings (SSSR count). The first-order valence-electron chi connectivity index (χ1n) is 4.58. The molecule has 0 radical (unpaired) electrons. The SMILES string of the molecule is CC(O)COc1ccc(C(F)(F)F)cc1N. The number of benzene rings is 1. The lowest BCUT2D eigenvalue weighted by atomic mass is 10.2. The minimum Gasteiger partial charge on any atom is -0.489 e. The quantitative estimate of drug-likeness (QED) is 0.788. The maximum absolute atomic E-state index is 12.3. The van der Waals surface area contributed by atoms with Crippen LogP contribution in [-0.2, 0) is 6.18 Å². The van der Waals surface area contributed by atoms with Gasteiger partial charge in [-0.15, -0.1) is 0 Å². The molecule has 0 bridgehead atoms. The van der Waals surface area contributed by atoms with Crippen LogP contribution in [0.1, 0.15) is 12.5 Å². The van der Waals surface area contributed by atoms with Crippen LogP contribution in [0.3, 0.4) is 0 Å². The molecule has 0 aliphatic heterocycles. The number of anilines is 1. The molecule has 0 aliphatic rings. The summed E-state index contributed by atoms with van der Waals surface area (Å²) < 4.78 is 41.9. The standard InChI is InChI=1S/C10H12F3NO2/c1-6(15)5-16-9-3-2-7(4-8(9)14)10(11,12)13/h2-4,6,15H,5,14H2,1H3. The third kappa shape index (κ3) is 3.30. The molecule has 3 nitrogen and oxygen atoms in total. The van der Waals surface area contributed by atoms with E-state index in [-0.39, 0.29) is 18.0 Å². The normalized spacial score (nSPS) is 13.6. The second-order valence-electron chi connectivity index (χ2n) is 3.41. The molecule has 1 atom stereocenters. The predicted molar refractivity (Wildman–Crippen MR) is 53.0 cm³/mol. The zero-order chi connectivity index (χ0) is 12.3. The van der Waals surface area contributed by atoms with Crippen LogP contribution in [0.4, 0.5) is 18.9 Å². The summed E-state index contributed by atoms with van der Waals surface area (Å²) in [6.45, 7) is 1.48. The van der Waals surface area contributed by atoms with Crippen LogP contribution >= 0.6 is 0 Å². The first-order chi connectivity index (χ1) is 7.30. The predicted octanol–water partition coefficient (Wildman–Crippen LogP) is 2.05. The topological polar surface area (TPSA) is 55.5 Å². The lowest BCUT2D eigenvalue weighted by molar-refractivity contribution is -0.137. The summed E-state index contributed by atoms with van der Waals surface area (Å²) >= 11 is 0. The fourth-order valence-electron chi connectivity index (χ4n) is 1.07. The maximum Gasteiger partial charge on any atom is 0.416 e. The van der Waals surface area contributed by atoms with Crippen molar-refractivity contribution in [3.63, 3.8) is 0 Å². The van der Waals surface area contributed by atoms with E-state index in [0.29, 0.717) is 0 Å². The van der Waals surface area contributed by atoms with Gasteiger partial charge in [0.05, 0.1) is 17.4 Å². The minimum atomic E-state index is -4.42. The van der Waals surface area contributed by atoms with Crippen molar-refractivity contribution >= 4 is 5.69 Å². The smallest absolute Gasteiger partial charge is 0.416 e. The maximum atomic E-state index is 12.3. The van der Waals surface area contributed by atoms with E-state index in [1.807, 2.05) is 0 Å². The van der Waals surface area contributed by atoms with Gasteiger partial charge < -0.3 is 15.6 Å². The Hall–Kier alpha value is -1.43. The Kier molecular flexibility index (Phi) is 3.64. The second kappa shape index (κ2) is 4.61. The number of hydrogen-bond acceptors (Lipinski definition) is 3. The molecule has 90 valence electrons. The summed E-state index contributed by atoms with van der Waals surface area (Å²) in [5.41, 5.74) is 4.47. The van der Waals surface area contributed by atoms with Gasteiger partial charge >= 0.3 is 6.18 Å². The van der Waals surface area contributed by atoms with Crippen molar-refractivity contribution in [1.29, 1.82) is 0 Å². The summed E-state index contributed by atoms with van der Waals surface area (Å²) in [5, 5.41) is 8.94. The van der Waals surface area contributed by atoms with Gasteiger partial charge in [-0.25, -0.2) is 0 Å². The Morgan fingerprint density at radius 1 is 1.44 bits per heavy atom. The van der Waals surface area contributed by atoms with Crippen molar-refractivity contribution in [1.82, 2.24) is 0 Å². The van der Waals surface area contributed by atoms with Crippen molar-refractivity contribution in [2.75, 3.05) is 12.3 Å². The number of alkyl halides is 3. The van der Waals surface area contributed by atoms with Crippen LogP contribution in [-0.4, -0.2) is 17.8 Å². The number of nitrogens with two attached hydrogens (primary N) is 1. The van der Waals surface area contributed by atoms with Crippen LogP contribution in [0, 0.1) is 0 Å². The van der Waals surface area contributed by atoms with Crippen LogP contribution in [0.25, 0.3) is 0 Å². The first kappa shape index (κ1) is 12.6. The monoisotopic (exact) mass is 235 g/mol. The highest BCUT2D eigenvalue weighted by Gasteiger charge is 2.30. The van der Waals surface area contributed by atoms with Gasteiger partial charge in [0.1, 0.15) is 12.4 Å². The highest BCUT2D eigenvalue weighted by Crippen LogP contribution is 2.33. The van der Waals surface area contributed by atoms with Crippen LogP contribution in [0.15, 0.2) is 18.2 Å². The van der Waals surface area contributed by atoms with E-state index < -0.39 is 17.8 Å². The third-order valence-corrected chi connectivity index (χ3v) is 1.82. The molecule has 1 unspecified atom stereocenters. The summed E-state index contributed by atoms with van der Waals surface area (Å²) in [4.78, 5) is 0. The molecule has 1 aromatic rings. The molecule has 0 saturated heterocycles. The Bertz CT molecular complexity index is 364. The number of aliphatic hydroxyl groups is 1. The molecule has 0 amide bonds. The highest BCUT2D eigenvalue weighted by atomic mass is 19.4. The number of rotatable bonds is 3. The molecule has 0 aromatic heterocycles. The van der Waals surface area contributed by atoms with Gasteiger partial charge in [-0.3, -0.25) is 0 Å². The van der Waals surface area contributed by atoms with Gasteiger partial charge in [-0.1, -0.05) is 0 Å². The van der Waals surface area contributed by atoms with Crippen molar-refractivity contribution in [3.8, 4) is 5.75 Å². The highest BCUT2D eigenvalue weighted by molar-refractivity contribution is 5.54. The van der Waals surface area contributed by atoms with Crippen molar-refractivity contribution in [2.45, 2.75) is 19.2 Å². The second-order valence-corrected chi connectivity index (χ2v) is 3.41. The first-order valence-corrected chi connectivity index (χ1v) is 4.58. The molecule has 0 saturated carbocycles. The fourth-order valence-corrected chi connectivity index (χ4v) is 1.07. The summed E-state index contributed by atoms with van der Waals surface area (Å²) in [7, 11) is 0. The summed E-state index contributed by atoms with van der Waals surface area (Å²) in [5.74, 6) is 0.133. The molecule has 16 heavy (non-hydrogen) atoms. The number of aliphatic hydroxyl groups excluding tert-OH is 1. The van der Waals surface area contributed by atoms with Crippen LogP contribution < -0.4 is 10.5 Å². The van der Waals surface area contributed by atoms with Crippen LogP contribution in [0.5, 0.6) is 5.75 Å². The van der Waals surface area contributed by atoms with E-state index in [0.717, 1.165) is 18.2 Å². The van der Waals surface area contributed by atoms with E-state index in [2.05, 4.69) is 0 Å². The average Bonchev–Trinajstić information content (AvgIpc) is 2.14. The van der Waals surface area contributed by atoms with Crippen LogP contribution in [0.2, 0.25) is 0 Å². The average molecular weight is 235 g/mol. The van der Waals surface area contributed by atoms with Crippen molar-refractivity contribution in [2.24, 2.45) is 0 Å². The summed E-state index contributed by atoms with van der Waals surface area (Å²) in [6.07, 6.45) is -5.13. The molecule has 0 spiro atoms. The van der Waals surface area contributed by atoms with Gasteiger partial charge in [0, 0.05) is 0 Å². The summed E-state index contributed by atoms with van der Waals surface area (Å²) in [6, 6.07) is 2.83. The Morgan fingerprint density at radius 3 is 2.50 bits per heavy atom. The Balaban J connectivity index is 2.84. The molecule has 3 N–H and O–H groups in total. The zero-order valence-corrected chi connectivity index (χ0v) is 8.58. The van der Waals surface area contributed by atoms with E-state index in [9.17, 15) is 13.2 Å². The molecular formula is C10H12F3NO2. The minimum absolute atomic E-state index is 0.0183. The van der Waals surface area contributed by atoms with Crippen molar-refractivity contribution < 1.29 is 23.0 Å². The number of ether oxygens (including phenoxy) is 1. The van der Waals surface area contributed by atoms with E-state index in [1.54, 1.807) is 0 Å². The molecule has 0 fully saturated rings. The van der Waals surface area contributed by atoms with Gasteiger partial charge in [-0.2, -0.15) is 13.2 Å². The lowest BCUT2D eigenvalue weighted by Crippen LogP contribution is -2.14. The lowest BCUT2D eigenvalue weighted by Gasteiger charge is -2.12. The van der Waals surface area contributed by atoms with Gasteiger partial charge in [0.15, 0.2) is 0 Å². The van der Waals surface area contributed by atoms with Gasteiger partial charge in [-0.05, 0) is 25.1 Å². The molecule has 0 heterocycles. The fraction of sp³-hybridized carbons (Fsp3) is 0.400. The number of nitrogen functional groups attached to an aromatic ring is 1. The molecule has 1 aromatic carbocycles. The third-order valence-electron chi connectivity index (χ3n) is 1.82. The van der Waals surface area contributed by atoms with E-state index in [4.69, 9.17) is 15.6 Å². The van der Waals surface area contributed by atoms with Gasteiger partial charge in [0.2, 0.25) is 0 Å².